The number of hydrogen-bond donors (Lipinski definition) is 2. The lowest BCUT2D eigenvalue weighted by molar-refractivity contribution is -0.153. The van der Waals surface area contributed by atoms with E-state index in [1.807, 2.05) is 0 Å². The molecule has 0 aromatic heterocycles. The SMILES string of the molecule is N#Cc1cc(NC(=O)c2cc(S(N)(=O)=O)ccc2Br)ccc1OCC(F)(F)F. The van der Waals surface area contributed by atoms with Crippen molar-refractivity contribution >= 4 is 37.5 Å². The van der Waals surface area contributed by atoms with Crippen molar-refractivity contribution in [1.29, 1.82) is 5.26 Å². The molecule has 0 saturated carbocycles. The average Bonchev–Trinajstić information content (AvgIpc) is 2.59. The van der Waals surface area contributed by atoms with Crippen LogP contribution in [0.15, 0.2) is 45.8 Å². The summed E-state index contributed by atoms with van der Waals surface area (Å²) in [6.45, 7) is -1.57. The van der Waals surface area contributed by atoms with Gasteiger partial charge in [-0.05, 0) is 52.3 Å². The van der Waals surface area contributed by atoms with Crippen molar-refractivity contribution in [3.05, 3.63) is 52.0 Å². The molecular weight excluding hydrogens is 467 g/mol. The molecule has 3 N–H and O–H groups in total. The molecule has 2 aromatic carbocycles. The first kappa shape index (κ1) is 21.7. The highest BCUT2D eigenvalue weighted by Crippen LogP contribution is 2.26. The number of hydrogen-bond acceptors (Lipinski definition) is 5. The van der Waals surface area contributed by atoms with Gasteiger partial charge in [-0.3, -0.25) is 4.79 Å². The van der Waals surface area contributed by atoms with Gasteiger partial charge in [0.15, 0.2) is 6.61 Å². The summed E-state index contributed by atoms with van der Waals surface area (Å²) in [5.74, 6) is -1.03. The van der Waals surface area contributed by atoms with Crippen LogP contribution in [0.1, 0.15) is 15.9 Å². The molecule has 2 aromatic rings. The summed E-state index contributed by atoms with van der Waals surface area (Å²) < 4.78 is 64.5. The second-order valence-corrected chi connectivity index (χ2v) is 7.78. The number of carbonyl (C=O) groups is 1. The number of nitrogens with one attached hydrogen (secondary N) is 1. The largest absolute Gasteiger partial charge is 0.483 e. The molecule has 0 aliphatic rings. The molecule has 0 bridgehead atoms. The number of primary sulfonamides is 1. The van der Waals surface area contributed by atoms with Crippen LogP contribution in [0, 0.1) is 11.3 Å². The second kappa shape index (κ2) is 8.17. The zero-order valence-corrected chi connectivity index (χ0v) is 16.2. The number of anilines is 1. The van der Waals surface area contributed by atoms with E-state index in [1.165, 1.54) is 18.2 Å². The zero-order chi connectivity index (χ0) is 21.1. The van der Waals surface area contributed by atoms with E-state index in [-0.39, 0.29) is 31.9 Å². The van der Waals surface area contributed by atoms with Gasteiger partial charge in [0.25, 0.3) is 5.91 Å². The van der Waals surface area contributed by atoms with Crippen molar-refractivity contribution in [2.45, 2.75) is 11.1 Å². The molecule has 148 valence electrons. The fourth-order valence-electron chi connectivity index (χ4n) is 2.03. The smallest absolute Gasteiger partial charge is 0.422 e. The van der Waals surface area contributed by atoms with Gasteiger partial charge in [0.1, 0.15) is 11.8 Å². The van der Waals surface area contributed by atoms with Gasteiger partial charge in [-0.2, -0.15) is 18.4 Å². The Kier molecular flexibility index (Phi) is 6.33. The first-order valence-corrected chi connectivity index (χ1v) is 9.62. The summed E-state index contributed by atoms with van der Waals surface area (Å²) >= 11 is 3.11. The number of benzene rings is 2. The third-order valence-electron chi connectivity index (χ3n) is 3.26. The molecule has 0 atom stereocenters. The monoisotopic (exact) mass is 477 g/mol. The summed E-state index contributed by atoms with van der Waals surface area (Å²) in [4.78, 5) is 12.1. The number of halogens is 4. The first-order chi connectivity index (χ1) is 12.9. The molecule has 2 rings (SSSR count). The lowest BCUT2D eigenvalue weighted by Gasteiger charge is -2.12. The average molecular weight is 478 g/mol. The van der Waals surface area contributed by atoms with Gasteiger partial charge in [0, 0.05) is 10.2 Å². The van der Waals surface area contributed by atoms with Crippen LogP contribution < -0.4 is 15.2 Å². The van der Waals surface area contributed by atoms with Crippen LogP contribution in [0.2, 0.25) is 0 Å². The van der Waals surface area contributed by atoms with Gasteiger partial charge in [-0.1, -0.05) is 0 Å². The van der Waals surface area contributed by atoms with Crippen molar-refractivity contribution in [2.24, 2.45) is 5.14 Å². The van der Waals surface area contributed by atoms with Gasteiger partial charge in [-0.25, -0.2) is 13.6 Å². The summed E-state index contributed by atoms with van der Waals surface area (Å²) in [6.07, 6.45) is -4.57. The Labute approximate surface area is 166 Å². The van der Waals surface area contributed by atoms with Crippen molar-refractivity contribution in [3.8, 4) is 11.8 Å². The minimum absolute atomic E-state index is 0.0533. The fourth-order valence-corrected chi connectivity index (χ4v) is 3.00. The Morgan fingerprint density at radius 1 is 1.25 bits per heavy atom. The number of sulfonamides is 1. The van der Waals surface area contributed by atoms with E-state index in [2.05, 4.69) is 26.0 Å². The molecule has 0 radical (unpaired) electrons. The van der Waals surface area contributed by atoms with Crippen molar-refractivity contribution < 1.29 is 31.1 Å². The molecule has 0 aliphatic heterocycles. The third-order valence-corrected chi connectivity index (χ3v) is 4.86. The number of rotatable bonds is 5. The van der Waals surface area contributed by atoms with Crippen molar-refractivity contribution in [2.75, 3.05) is 11.9 Å². The third kappa shape index (κ3) is 5.69. The van der Waals surface area contributed by atoms with Crippen molar-refractivity contribution in [1.82, 2.24) is 0 Å². The normalized spacial score (nSPS) is 11.6. The maximum absolute atomic E-state index is 12.4. The van der Waals surface area contributed by atoms with Gasteiger partial charge in [-0.15, -0.1) is 0 Å². The number of nitriles is 1. The molecule has 28 heavy (non-hydrogen) atoms. The van der Waals surface area contributed by atoms with Crippen LogP contribution in [-0.2, 0) is 10.0 Å². The first-order valence-electron chi connectivity index (χ1n) is 7.28. The van der Waals surface area contributed by atoms with E-state index in [1.54, 1.807) is 6.07 Å². The molecule has 12 heteroatoms. The number of amides is 1. The van der Waals surface area contributed by atoms with Gasteiger partial charge < -0.3 is 10.1 Å². The molecule has 0 unspecified atom stereocenters. The van der Waals surface area contributed by atoms with E-state index in [0.29, 0.717) is 0 Å². The van der Waals surface area contributed by atoms with E-state index >= 15 is 0 Å². The molecule has 1 amide bonds. The Morgan fingerprint density at radius 3 is 2.50 bits per heavy atom. The quantitative estimate of drug-likeness (QED) is 0.684. The molecule has 0 spiro atoms. The Morgan fingerprint density at radius 2 is 1.93 bits per heavy atom. The molecule has 0 heterocycles. The Balaban J connectivity index is 2.27. The fraction of sp³-hybridized carbons (Fsp3) is 0.125. The van der Waals surface area contributed by atoms with E-state index in [4.69, 9.17) is 10.4 Å². The zero-order valence-electron chi connectivity index (χ0n) is 13.7. The minimum atomic E-state index is -4.57. The molecular formula is C16H11BrF3N3O4S. The maximum atomic E-state index is 12.4. The molecule has 0 saturated heterocycles. The second-order valence-electron chi connectivity index (χ2n) is 5.37. The number of nitrogens with two attached hydrogens (primary N) is 1. The number of alkyl halides is 3. The summed E-state index contributed by atoms with van der Waals surface area (Å²) in [7, 11) is -4.04. The molecule has 7 nitrogen and oxygen atoms in total. The van der Waals surface area contributed by atoms with E-state index in [9.17, 15) is 26.4 Å². The lowest BCUT2D eigenvalue weighted by Crippen LogP contribution is -2.19. The van der Waals surface area contributed by atoms with Crippen LogP contribution in [-0.4, -0.2) is 27.1 Å². The Hall–Kier alpha value is -2.62. The highest BCUT2D eigenvalue weighted by molar-refractivity contribution is 9.10. The van der Waals surface area contributed by atoms with Crippen LogP contribution in [0.4, 0.5) is 18.9 Å². The summed E-state index contributed by atoms with van der Waals surface area (Å²) in [6, 6.07) is 8.73. The predicted molar refractivity (Wildman–Crippen MR) is 96.2 cm³/mol. The van der Waals surface area contributed by atoms with Gasteiger partial charge >= 0.3 is 6.18 Å². The highest BCUT2D eigenvalue weighted by atomic mass is 79.9. The standard InChI is InChI=1S/C16H11BrF3N3O4S/c17-13-3-2-11(28(22,25)26)6-12(13)15(24)23-10-1-4-14(9(5-10)7-21)27-8-16(18,19)20/h1-6H,8H2,(H,23,24)(H2,22,25,26). The van der Waals surface area contributed by atoms with Gasteiger partial charge in [0.05, 0.1) is 16.0 Å². The van der Waals surface area contributed by atoms with Crippen LogP contribution in [0.3, 0.4) is 0 Å². The number of carbonyl (C=O) groups excluding carboxylic acids is 1. The van der Waals surface area contributed by atoms with Gasteiger partial charge in [0.2, 0.25) is 10.0 Å². The lowest BCUT2D eigenvalue weighted by atomic mass is 10.1. The van der Waals surface area contributed by atoms with Crippen molar-refractivity contribution in [3.63, 3.8) is 0 Å². The van der Waals surface area contributed by atoms with Crippen LogP contribution in [0.5, 0.6) is 5.75 Å². The Bertz CT molecular complexity index is 1070. The minimum Gasteiger partial charge on any atom is -0.483 e. The maximum Gasteiger partial charge on any atom is 0.422 e. The summed E-state index contributed by atoms with van der Waals surface area (Å²) in [5.41, 5.74) is -0.185. The number of nitrogens with zero attached hydrogens (tertiary/aromatic N) is 1. The summed E-state index contributed by atoms with van der Waals surface area (Å²) in [5, 5.41) is 16.5. The van der Waals surface area contributed by atoms with Crippen LogP contribution >= 0.6 is 15.9 Å². The molecule has 0 aliphatic carbocycles. The van der Waals surface area contributed by atoms with E-state index in [0.717, 1.165) is 18.2 Å². The topological polar surface area (TPSA) is 122 Å². The highest BCUT2D eigenvalue weighted by Gasteiger charge is 2.29. The molecule has 0 fully saturated rings. The van der Waals surface area contributed by atoms with E-state index < -0.39 is 28.7 Å². The predicted octanol–water partition coefficient (Wildman–Crippen LogP) is 3.16. The number of ether oxygens (including phenoxy) is 1. The van der Waals surface area contributed by atoms with Crippen LogP contribution in [0.25, 0.3) is 0 Å².